The number of nitrogens with one attached hydrogen (secondary N) is 1. The predicted octanol–water partition coefficient (Wildman–Crippen LogP) is 3.95. The molecule has 0 radical (unpaired) electrons. The van der Waals surface area contributed by atoms with E-state index in [2.05, 4.69) is 25.5 Å². The quantitative estimate of drug-likeness (QED) is 0.553. The molecule has 9 heteroatoms. The third-order valence-electron chi connectivity index (χ3n) is 4.35. The number of benzene rings is 1. The van der Waals surface area contributed by atoms with Gasteiger partial charge in [0.05, 0.1) is 23.0 Å². The Bertz CT molecular complexity index is 1220. The lowest BCUT2D eigenvalue weighted by Gasteiger charge is -2.18. The van der Waals surface area contributed by atoms with E-state index in [9.17, 15) is 4.79 Å². The molecule has 0 bridgehead atoms. The van der Waals surface area contributed by atoms with E-state index in [0.717, 1.165) is 11.4 Å². The third kappa shape index (κ3) is 3.58. The van der Waals surface area contributed by atoms with Gasteiger partial charge >= 0.3 is 0 Å². The van der Waals surface area contributed by atoms with Crippen LogP contribution in [0.25, 0.3) is 22.5 Å². The SMILES string of the molecule is Cc1cc(NC(=O)C(C)(C)C)n(-c2ncnc3c2cnn3-c2cccc(Cl)c2)n1. The van der Waals surface area contributed by atoms with Crippen molar-refractivity contribution in [1.29, 1.82) is 0 Å². The Morgan fingerprint density at radius 2 is 1.93 bits per heavy atom. The van der Waals surface area contributed by atoms with E-state index in [4.69, 9.17) is 11.6 Å². The van der Waals surface area contributed by atoms with Crippen molar-refractivity contribution in [1.82, 2.24) is 29.5 Å². The lowest BCUT2D eigenvalue weighted by Crippen LogP contribution is -2.28. The van der Waals surface area contributed by atoms with E-state index in [1.54, 1.807) is 27.7 Å². The van der Waals surface area contributed by atoms with Gasteiger partial charge in [0.15, 0.2) is 11.5 Å². The fraction of sp³-hybridized carbons (Fsp3) is 0.250. The average molecular weight is 410 g/mol. The van der Waals surface area contributed by atoms with Crippen molar-refractivity contribution in [2.24, 2.45) is 5.41 Å². The minimum Gasteiger partial charge on any atom is -0.310 e. The average Bonchev–Trinajstić information content (AvgIpc) is 3.24. The summed E-state index contributed by atoms with van der Waals surface area (Å²) >= 11 is 6.12. The van der Waals surface area contributed by atoms with Gasteiger partial charge in [-0.3, -0.25) is 4.79 Å². The molecule has 3 aromatic heterocycles. The largest absolute Gasteiger partial charge is 0.310 e. The highest BCUT2D eigenvalue weighted by Gasteiger charge is 2.24. The van der Waals surface area contributed by atoms with Crippen LogP contribution >= 0.6 is 11.6 Å². The monoisotopic (exact) mass is 409 g/mol. The second-order valence-electron chi connectivity index (χ2n) is 7.76. The molecule has 1 N–H and O–H groups in total. The molecule has 0 fully saturated rings. The Morgan fingerprint density at radius 3 is 2.66 bits per heavy atom. The van der Waals surface area contributed by atoms with Crippen molar-refractivity contribution >= 4 is 34.4 Å². The summed E-state index contributed by atoms with van der Waals surface area (Å²) in [6, 6.07) is 9.16. The molecule has 0 aliphatic carbocycles. The zero-order valence-electron chi connectivity index (χ0n) is 16.5. The first kappa shape index (κ1) is 19.1. The number of fused-ring (bicyclic) bond motifs is 1. The summed E-state index contributed by atoms with van der Waals surface area (Å²) in [5.74, 6) is 0.956. The zero-order valence-corrected chi connectivity index (χ0v) is 17.3. The van der Waals surface area contributed by atoms with Gasteiger partial charge in [-0.15, -0.1) is 0 Å². The van der Waals surface area contributed by atoms with Crippen molar-refractivity contribution in [3.05, 3.63) is 53.6 Å². The first-order valence-electron chi connectivity index (χ1n) is 9.07. The summed E-state index contributed by atoms with van der Waals surface area (Å²) in [7, 11) is 0. The fourth-order valence-electron chi connectivity index (χ4n) is 2.85. The highest BCUT2D eigenvalue weighted by atomic mass is 35.5. The van der Waals surface area contributed by atoms with Crippen LogP contribution in [0.5, 0.6) is 0 Å². The van der Waals surface area contributed by atoms with Crippen LogP contribution in [-0.2, 0) is 4.79 Å². The van der Waals surface area contributed by atoms with Gasteiger partial charge in [0.25, 0.3) is 0 Å². The molecule has 148 valence electrons. The molecule has 1 aromatic carbocycles. The summed E-state index contributed by atoms with van der Waals surface area (Å²) < 4.78 is 3.29. The molecule has 0 saturated carbocycles. The summed E-state index contributed by atoms with van der Waals surface area (Å²) in [5.41, 5.74) is 1.61. The van der Waals surface area contributed by atoms with Gasteiger partial charge < -0.3 is 5.32 Å². The highest BCUT2D eigenvalue weighted by Crippen LogP contribution is 2.26. The van der Waals surface area contributed by atoms with Crippen LogP contribution in [-0.4, -0.2) is 35.4 Å². The van der Waals surface area contributed by atoms with Gasteiger partial charge in [-0.05, 0) is 25.1 Å². The van der Waals surface area contributed by atoms with Crippen molar-refractivity contribution in [3.63, 3.8) is 0 Å². The van der Waals surface area contributed by atoms with E-state index in [1.807, 2.05) is 45.9 Å². The molecule has 1 amide bonds. The van der Waals surface area contributed by atoms with Gasteiger partial charge in [-0.1, -0.05) is 38.4 Å². The maximum Gasteiger partial charge on any atom is 0.230 e. The Morgan fingerprint density at radius 1 is 1.14 bits per heavy atom. The topological polar surface area (TPSA) is 90.5 Å². The van der Waals surface area contributed by atoms with Crippen LogP contribution in [0.4, 0.5) is 5.82 Å². The van der Waals surface area contributed by atoms with Crippen LogP contribution in [0.1, 0.15) is 26.5 Å². The number of rotatable bonds is 3. The molecular weight excluding hydrogens is 390 g/mol. The van der Waals surface area contributed by atoms with E-state index in [0.29, 0.717) is 27.7 Å². The third-order valence-corrected chi connectivity index (χ3v) is 4.59. The van der Waals surface area contributed by atoms with E-state index >= 15 is 0 Å². The molecule has 29 heavy (non-hydrogen) atoms. The normalized spacial score (nSPS) is 11.8. The second kappa shape index (κ2) is 6.97. The lowest BCUT2D eigenvalue weighted by atomic mass is 9.96. The zero-order chi connectivity index (χ0) is 20.8. The number of nitrogens with zero attached hydrogens (tertiary/aromatic N) is 6. The number of anilines is 1. The van der Waals surface area contributed by atoms with E-state index in [-0.39, 0.29) is 5.91 Å². The number of carbonyl (C=O) groups excluding carboxylic acids is 1. The lowest BCUT2D eigenvalue weighted by molar-refractivity contribution is -0.123. The number of amides is 1. The van der Waals surface area contributed by atoms with Gasteiger partial charge in [-0.25, -0.2) is 14.6 Å². The van der Waals surface area contributed by atoms with Crippen LogP contribution in [0, 0.1) is 12.3 Å². The number of aryl methyl sites for hydroxylation is 1. The molecule has 0 unspecified atom stereocenters. The Kier molecular flexibility index (Phi) is 4.58. The molecule has 4 rings (SSSR count). The first-order chi connectivity index (χ1) is 13.7. The predicted molar refractivity (Wildman–Crippen MR) is 112 cm³/mol. The maximum absolute atomic E-state index is 12.5. The van der Waals surface area contributed by atoms with Crippen molar-refractivity contribution < 1.29 is 4.79 Å². The van der Waals surface area contributed by atoms with Crippen molar-refractivity contribution in [2.75, 3.05) is 5.32 Å². The van der Waals surface area contributed by atoms with Crippen LogP contribution in [0.3, 0.4) is 0 Å². The number of halogens is 1. The second-order valence-corrected chi connectivity index (χ2v) is 8.19. The number of aromatic nitrogens is 6. The number of hydrogen-bond donors (Lipinski definition) is 1. The standard InChI is InChI=1S/C20H20ClN7O/c1-12-8-16(25-19(29)20(2,3)4)28(26-12)18-15-10-24-27(17(15)22-11-23-18)14-7-5-6-13(21)9-14/h5-11H,1-4H3,(H,25,29). The molecule has 8 nitrogen and oxygen atoms in total. The summed E-state index contributed by atoms with van der Waals surface area (Å²) in [4.78, 5) is 21.3. The van der Waals surface area contributed by atoms with Gasteiger partial charge in [0, 0.05) is 16.5 Å². The molecular formula is C20H20ClN7O. The van der Waals surface area contributed by atoms with Gasteiger partial charge in [0.1, 0.15) is 12.1 Å². The van der Waals surface area contributed by atoms with E-state index in [1.165, 1.54) is 6.33 Å². The van der Waals surface area contributed by atoms with Gasteiger partial charge in [0.2, 0.25) is 5.91 Å². The smallest absolute Gasteiger partial charge is 0.230 e. The summed E-state index contributed by atoms with van der Waals surface area (Å²) in [6.45, 7) is 7.42. The molecule has 0 aliphatic heterocycles. The Balaban J connectivity index is 1.83. The first-order valence-corrected chi connectivity index (χ1v) is 9.45. The van der Waals surface area contributed by atoms with Crippen LogP contribution in [0.2, 0.25) is 5.02 Å². The summed E-state index contributed by atoms with van der Waals surface area (Å²) in [5, 5.41) is 13.2. The maximum atomic E-state index is 12.5. The molecule has 0 saturated heterocycles. The Hall–Kier alpha value is -3.26. The van der Waals surface area contributed by atoms with Crippen LogP contribution < -0.4 is 5.32 Å². The number of carbonyl (C=O) groups is 1. The molecule has 0 spiro atoms. The van der Waals surface area contributed by atoms with E-state index < -0.39 is 5.41 Å². The van der Waals surface area contributed by atoms with Gasteiger partial charge in [-0.2, -0.15) is 14.9 Å². The van der Waals surface area contributed by atoms with Crippen molar-refractivity contribution in [3.8, 4) is 11.5 Å². The Labute approximate surface area is 172 Å². The molecule has 0 atom stereocenters. The molecule has 3 heterocycles. The van der Waals surface area contributed by atoms with Crippen molar-refractivity contribution in [2.45, 2.75) is 27.7 Å². The molecule has 0 aliphatic rings. The van der Waals surface area contributed by atoms with Crippen LogP contribution in [0.15, 0.2) is 42.9 Å². The minimum absolute atomic E-state index is 0.112. The summed E-state index contributed by atoms with van der Waals surface area (Å²) in [6.07, 6.45) is 3.13. The minimum atomic E-state index is -0.540. The highest BCUT2D eigenvalue weighted by molar-refractivity contribution is 6.30. The fourth-order valence-corrected chi connectivity index (χ4v) is 3.04. The number of hydrogen-bond acceptors (Lipinski definition) is 5. The molecule has 4 aromatic rings.